The Morgan fingerprint density at radius 3 is 1.11 bits per heavy atom. The Morgan fingerprint density at radius 1 is 0.714 bits per heavy atom. The number of hydrogen-bond donors (Lipinski definition) is 0. The highest BCUT2D eigenvalue weighted by atomic mass is 16.6. The van der Waals surface area contributed by atoms with Gasteiger partial charge < -0.3 is 14.2 Å². The van der Waals surface area contributed by atoms with Crippen LogP contribution in [0.15, 0.2) is 61.8 Å². The standard InChI is InChI=1S/C18H26O6.C4H6/c1-8-18(9-22-15(19)12(2)3,10-23-16(20)13(4)5)11-24-17(21)14(6)7;1-3-4-2/h2,4,6,8-11H2,1,3,5,7H3;3-4H,1-2H2. The maximum Gasteiger partial charge on any atom is 0.333 e. The number of hydrogen-bond acceptors (Lipinski definition) is 6. The van der Waals surface area contributed by atoms with Gasteiger partial charge >= 0.3 is 17.9 Å². The van der Waals surface area contributed by atoms with Crippen molar-refractivity contribution in [2.75, 3.05) is 19.8 Å². The summed E-state index contributed by atoms with van der Waals surface area (Å²) in [6.45, 7) is 23.4. The number of carbonyl (C=O) groups excluding carboxylic acids is 3. The van der Waals surface area contributed by atoms with Gasteiger partial charge in [0.05, 0.1) is 5.41 Å². The van der Waals surface area contributed by atoms with Gasteiger partial charge in [0.2, 0.25) is 0 Å². The van der Waals surface area contributed by atoms with Crippen molar-refractivity contribution < 1.29 is 28.6 Å². The normalized spacial score (nSPS) is 9.71. The van der Waals surface area contributed by atoms with Crippen molar-refractivity contribution in [2.45, 2.75) is 34.1 Å². The van der Waals surface area contributed by atoms with Crippen molar-refractivity contribution in [1.82, 2.24) is 0 Å². The van der Waals surface area contributed by atoms with E-state index in [1.807, 2.05) is 6.92 Å². The lowest BCUT2D eigenvalue weighted by Gasteiger charge is -2.31. The van der Waals surface area contributed by atoms with E-state index in [2.05, 4.69) is 32.9 Å². The van der Waals surface area contributed by atoms with E-state index in [0.717, 1.165) is 0 Å². The zero-order valence-corrected chi connectivity index (χ0v) is 17.5. The van der Waals surface area contributed by atoms with Crippen LogP contribution in [0.25, 0.3) is 0 Å². The molecule has 0 rings (SSSR count). The monoisotopic (exact) mass is 392 g/mol. The fraction of sp³-hybridized carbons (Fsp3) is 0.409. The Hall–Kier alpha value is -2.89. The number of esters is 3. The van der Waals surface area contributed by atoms with Crippen molar-refractivity contribution in [1.29, 1.82) is 0 Å². The Labute approximate surface area is 168 Å². The second-order valence-corrected chi connectivity index (χ2v) is 6.39. The van der Waals surface area contributed by atoms with Crippen molar-refractivity contribution in [3.05, 3.63) is 61.8 Å². The van der Waals surface area contributed by atoms with E-state index >= 15 is 0 Å². The van der Waals surface area contributed by atoms with E-state index in [4.69, 9.17) is 14.2 Å². The summed E-state index contributed by atoms with van der Waals surface area (Å²) in [6.07, 6.45) is 3.73. The van der Waals surface area contributed by atoms with Crippen LogP contribution in [0.5, 0.6) is 0 Å². The molecule has 6 heteroatoms. The summed E-state index contributed by atoms with van der Waals surface area (Å²) >= 11 is 0. The lowest BCUT2D eigenvalue weighted by atomic mass is 9.88. The SMILES string of the molecule is C=C(C)C(=O)OCC(CC)(COC(=O)C(=C)C)COC(=O)C(=C)C.C=CC=C. The highest BCUT2D eigenvalue weighted by molar-refractivity contribution is 5.88. The largest absolute Gasteiger partial charge is 0.461 e. The minimum atomic E-state index is -0.860. The van der Waals surface area contributed by atoms with Crippen molar-refractivity contribution in [2.24, 2.45) is 5.41 Å². The average molecular weight is 392 g/mol. The number of carbonyl (C=O) groups is 3. The lowest BCUT2D eigenvalue weighted by Crippen LogP contribution is -2.39. The fourth-order valence-electron chi connectivity index (χ4n) is 1.46. The van der Waals surface area contributed by atoms with Crippen molar-refractivity contribution in [3.8, 4) is 0 Å². The summed E-state index contributed by atoms with van der Waals surface area (Å²) < 4.78 is 15.5. The molecule has 0 aliphatic heterocycles. The lowest BCUT2D eigenvalue weighted by molar-refractivity contribution is -0.157. The molecule has 28 heavy (non-hydrogen) atoms. The molecule has 0 bridgehead atoms. The van der Waals surface area contributed by atoms with Gasteiger partial charge in [-0.25, -0.2) is 14.4 Å². The van der Waals surface area contributed by atoms with Gasteiger partial charge in [0.25, 0.3) is 0 Å². The third-order valence-electron chi connectivity index (χ3n) is 3.49. The van der Waals surface area contributed by atoms with Gasteiger partial charge in [-0.15, -0.1) is 0 Å². The molecule has 0 aromatic heterocycles. The minimum absolute atomic E-state index is 0.0812. The molecular formula is C22H32O6. The first-order valence-corrected chi connectivity index (χ1v) is 8.67. The number of rotatable bonds is 11. The third kappa shape index (κ3) is 11.7. The molecule has 0 atom stereocenters. The minimum Gasteiger partial charge on any atom is -0.461 e. The highest BCUT2D eigenvalue weighted by Gasteiger charge is 2.34. The topological polar surface area (TPSA) is 78.9 Å². The van der Waals surface area contributed by atoms with Crippen LogP contribution in [0.1, 0.15) is 34.1 Å². The zero-order chi connectivity index (χ0) is 22.3. The van der Waals surface area contributed by atoms with Crippen molar-refractivity contribution in [3.63, 3.8) is 0 Å². The van der Waals surface area contributed by atoms with Crippen LogP contribution in [0.4, 0.5) is 0 Å². The molecule has 6 nitrogen and oxygen atoms in total. The van der Waals surface area contributed by atoms with Crippen molar-refractivity contribution >= 4 is 17.9 Å². The number of ether oxygens (including phenoxy) is 3. The molecule has 0 aliphatic carbocycles. The van der Waals surface area contributed by atoms with E-state index in [9.17, 15) is 14.4 Å². The summed E-state index contributed by atoms with van der Waals surface area (Å²) in [5.41, 5.74) is -0.116. The molecule has 0 saturated carbocycles. The molecule has 0 spiro atoms. The van der Waals surface area contributed by atoms with Crippen LogP contribution in [0.3, 0.4) is 0 Å². The van der Waals surface area contributed by atoms with E-state index < -0.39 is 23.3 Å². The van der Waals surface area contributed by atoms with Crippen LogP contribution in [-0.4, -0.2) is 37.7 Å². The molecule has 0 aromatic carbocycles. The predicted octanol–water partition coefficient (Wildman–Crippen LogP) is 4.10. The molecular weight excluding hydrogens is 360 g/mol. The first kappa shape index (κ1) is 27.3. The molecule has 0 radical (unpaired) electrons. The predicted molar refractivity (Wildman–Crippen MR) is 110 cm³/mol. The zero-order valence-electron chi connectivity index (χ0n) is 17.5. The van der Waals surface area contributed by atoms with E-state index in [0.29, 0.717) is 6.42 Å². The second-order valence-electron chi connectivity index (χ2n) is 6.39. The highest BCUT2D eigenvalue weighted by Crippen LogP contribution is 2.25. The van der Waals surface area contributed by atoms with Gasteiger partial charge in [0, 0.05) is 16.7 Å². The molecule has 0 fully saturated rings. The molecule has 156 valence electrons. The third-order valence-corrected chi connectivity index (χ3v) is 3.49. The van der Waals surface area contributed by atoms with E-state index in [1.54, 1.807) is 12.2 Å². The van der Waals surface area contributed by atoms with Crippen LogP contribution in [0.2, 0.25) is 0 Å². The quantitative estimate of drug-likeness (QED) is 0.228. The Kier molecular flexibility index (Phi) is 13.9. The second kappa shape index (κ2) is 14.2. The summed E-state index contributed by atoms with van der Waals surface area (Å²) in [4.78, 5) is 34.9. The van der Waals surface area contributed by atoms with E-state index in [-0.39, 0.29) is 36.5 Å². The maximum absolute atomic E-state index is 11.6. The van der Waals surface area contributed by atoms with Gasteiger partial charge in [-0.3, -0.25) is 0 Å². The summed E-state index contributed by atoms with van der Waals surface area (Å²) in [5, 5.41) is 0. The van der Waals surface area contributed by atoms with Gasteiger partial charge in [-0.1, -0.05) is 52.0 Å². The molecule has 0 aromatic rings. The molecule has 0 aliphatic rings. The van der Waals surface area contributed by atoms with Gasteiger partial charge in [-0.2, -0.15) is 0 Å². The van der Waals surface area contributed by atoms with E-state index in [1.165, 1.54) is 20.8 Å². The smallest absolute Gasteiger partial charge is 0.333 e. The van der Waals surface area contributed by atoms with Gasteiger partial charge in [0.1, 0.15) is 19.8 Å². The summed E-state index contributed by atoms with van der Waals surface area (Å²) in [6, 6.07) is 0. The maximum atomic E-state index is 11.6. The summed E-state index contributed by atoms with van der Waals surface area (Å²) in [5.74, 6) is -1.69. The van der Waals surface area contributed by atoms with Gasteiger partial charge in [0.15, 0.2) is 0 Å². The Bertz CT molecular complexity index is 547. The summed E-state index contributed by atoms with van der Waals surface area (Å²) in [7, 11) is 0. The molecule has 0 N–H and O–H groups in total. The van der Waals surface area contributed by atoms with Crippen LogP contribution < -0.4 is 0 Å². The molecule has 0 heterocycles. The van der Waals surface area contributed by atoms with Crippen LogP contribution in [0, 0.1) is 5.41 Å². The first-order chi connectivity index (χ1) is 13.0. The molecule has 0 saturated heterocycles. The molecule has 0 amide bonds. The van der Waals surface area contributed by atoms with Gasteiger partial charge in [-0.05, 0) is 27.2 Å². The average Bonchev–Trinajstić information content (AvgIpc) is 2.66. The number of allylic oxidation sites excluding steroid dienone is 2. The Morgan fingerprint density at radius 2 is 0.964 bits per heavy atom. The van der Waals surface area contributed by atoms with Crippen LogP contribution in [-0.2, 0) is 28.6 Å². The molecule has 0 unspecified atom stereocenters. The van der Waals surface area contributed by atoms with Crippen LogP contribution >= 0.6 is 0 Å². The Balaban J connectivity index is 0. The fourth-order valence-corrected chi connectivity index (χ4v) is 1.46. The first-order valence-electron chi connectivity index (χ1n) is 8.67.